The van der Waals surface area contributed by atoms with Gasteiger partial charge in [-0.25, -0.2) is 0 Å². The molecule has 3 rings (SSSR count). The fraction of sp³-hybridized carbons (Fsp3) is 0.667. The average molecular weight is 309 g/mol. The smallest absolute Gasteiger partial charge is 0.248 e. The van der Waals surface area contributed by atoms with E-state index in [-0.39, 0.29) is 18.1 Å². The van der Waals surface area contributed by atoms with Crippen LogP contribution in [0.2, 0.25) is 0 Å². The molecule has 2 saturated heterocycles. The second-order valence-electron chi connectivity index (χ2n) is 6.08. The van der Waals surface area contributed by atoms with Crippen LogP contribution in [0.25, 0.3) is 0 Å². The van der Waals surface area contributed by atoms with Gasteiger partial charge in [-0.15, -0.1) is 11.3 Å². The molecular formula is C15H23N3O2S. The highest BCUT2D eigenvalue weighted by atomic mass is 32.1. The summed E-state index contributed by atoms with van der Waals surface area (Å²) in [4.78, 5) is 17.9. The fourth-order valence-corrected chi connectivity index (χ4v) is 3.43. The normalized spacial score (nSPS) is 22.0. The molecule has 1 N–H and O–H groups in total. The Labute approximate surface area is 129 Å². The summed E-state index contributed by atoms with van der Waals surface area (Å²) in [6.07, 6.45) is 0. The zero-order valence-electron chi connectivity index (χ0n) is 12.5. The first-order chi connectivity index (χ1) is 10.1. The summed E-state index contributed by atoms with van der Waals surface area (Å²) < 4.78 is 5.73. The van der Waals surface area contributed by atoms with Gasteiger partial charge in [-0.3, -0.25) is 9.69 Å². The zero-order valence-corrected chi connectivity index (χ0v) is 13.3. The van der Waals surface area contributed by atoms with Crippen molar-refractivity contribution < 1.29 is 9.53 Å². The van der Waals surface area contributed by atoms with E-state index in [1.165, 1.54) is 4.88 Å². The maximum atomic E-state index is 12.2. The van der Waals surface area contributed by atoms with Gasteiger partial charge < -0.3 is 15.0 Å². The van der Waals surface area contributed by atoms with E-state index in [9.17, 15) is 4.79 Å². The molecule has 3 heterocycles. The van der Waals surface area contributed by atoms with E-state index in [4.69, 9.17) is 4.74 Å². The highest BCUT2D eigenvalue weighted by molar-refractivity contribution is 7.09. The van der Waals surface area contributed by atoms with E-state index in [0.717, 1.165) is 45.8 Å². The van der Waals surface area contributed by atoms with Gasteiger partial charge in [0.25, 0.3) is 0 Å². The van der Waals surface area contributed by atoms with Crippen LogP contribution in [0, 0.1) is 0 Å². The number of hydrogen-bond donors (Lipinski definition) is 1. The number of amides is 1. The number of ether oxygens (including phenoxy) is 1. The van der Waals surface area contributed by atoms with Crippen molar-refractivity contribution in [3.63, 3.8) is 0 Å². The number of hydrogen-bond acceptors (Lipinski definition) is 5. The van der Waals surface area contributed by atoms with Crippen LogP contribution in [-0.2, 0) is 16.1 Å². The van der Waals surface area contributed by atoms with Gasteiger partial charge in [0.2, 0.25) is 5.91 Å². The standard InChI is InChI=1S/C15H23N3O2S/c1-15(11-16-12-15)20-10-14(19)18-6-4-17(5-7-18)9-13-3-2-8-21-13/h2-3,8,16H,4-7,9-12H2,1H3. The summed E-state index contributed by atoms with van der Waals surface area (Å²) >= 11 is 1.80. The van der Waals surface area contributed by atoms with Crippen molar-refractivity contribution >= 4 is 17.2 Å². The van der Waals surface area contributed by atoms with Crippen LogP contribution in [0.1, 0.15) is 11.8 Å². The molecule has 0 saturated carbocycles. The predicted octanol–water partition coefficient (Wildman–Crippen LogP) is 0.771. The number of thiophene rings is 1. The molecule has 0 aliphatic carbocycles. The van der Waals surface area contributed by atoms with Crippen LogP contribution in [0.4, 0.5) is 0 Å². The molecule has 5 nitrogen and oxygen atoms in total. The lowest BCUT2D eigenvalue weighted by molar-refractivity contribution is -0.147. The van der Waals surface area contributed by atoms with E-state index in [1.807, 2.05) is 4.90 Å². The molecule has 2 aliphatic heterocycles. The van der Waals surface area contributed by atoms with Crippen molar-refractivity contribution in [2.45, 2.75) is 19.1 Å². The minimum Gasteiger partial charge on any atom is -0.363 e. The molecule has 0 spiro atoms. The van der Waals surface area contributed by atoms with Crippen molar-refractivity contribution in [1.82, 2.24) is 15.1 Å². The van der Waals surface area contributed by atoms with Crippen molar-refractivity contribution in [2.24, 2.45) is 0 Å². The highest BCUT2D eigenvalue weighted by Crippen LogP contribution is 2.16. The molecule has 1 aromatic heterocycles. The van der Waals surface area contributed by atoms with Gasteiger partial charge in [-0.1, -0.05) is 6.07 Å². The lowest BCUT2D eigenvalue weighted by Crippen LogP contribution is -2.60. The van der Waals surface area contributed by atoms with E-state index in [1.54, 1.807) is 11.3 Å². The van der Waals surface area contributed by atoms with E-state index in [2.05, 4.69) is 34.7 Å². The summed E-state index contributed by atoms with van der Waals surface area (Å²) in [5.74, 6) is 0.124. The first kappa shape index (κ1) is 15.0. The predicted molar refractivity (Wildman–Crippen MR) is 83.4 cm³/mol. The van der Waals surface area contributed by atoms with Gasteiger partial charge in [0.15, 0.2) is 0 Å². The lowest BCUT2D eigenvalue weighted by Gasteiger charge is -2.40. The van der Waals surface area contributed by atoms with Gasteiger partial charge in [0, 0.05) is 50.7 Å². The molecule has 0 unspecified atom stereocenters. The number of carbonyl (C=O) groups is 1. The average Bonchev–Trinajstić information content (AvgIpc) is 2.96. The molecule has 6 heteroatoms. The number of carbonyl (C=O) groups excluding carboxylic acids is 1. The van der Waals surface area contributed by atoms with Crippen molar-refractivity contribution in [3.8, 4) is 0 Å². The van der Waals surface area contributed by atoms with Crippen LogP contribution in [-0.4, -0.2) is 67.2 Å². The maximum Gasteiger partial charge on any atom is 0.248 e. The van der Waals surface area contributed by atoms with Crippen LogP contribution < -0.4 is 5.32 Å². The zero-order chi connectivity index (χ0) is 14.7. The number of nitrogens with one attached hydrogen (secondary N) is 1. The monoisotopic (exact) mass is 309 g/mol. The maximum absolute atomic E-state index is 12.2. The third-order valence-electron chi connectivity index (χ3n) is 4.23. The van der Waals surface area contributed by atoms with Crippen molar-refractivity contribution in [2.75, 3.05) is 45.9 Å². The highest BCUT2D eigenvalue weighted by Gasteiger charge is 2.33. The third-order valence-corrected chi connectivity index (χ3v) is 5.09. The molecule has 116 valence electrons. The Morgan fingerprint density at radius 2 is 2.14 bits per heavy atom. The largest absolute Gasteiger partial charge is 0.363 e. The fourth-order valence-electron chi connectivity index (χ4n) is 2.68. The Morgan fingerprint density at radius 3 is 2.71 bits per heavy atom. The summed E-state index contributed by atoms with van der Waals surface area (Å²) in [5, 5.41) is 5.29. The van der Waals surface area contributed by atoms with Crippen molar-refractivity contribution in [3.05, 3.63) is 22.4 Å². The van der Waals surface area contributed by atoms with Gasteiger partial charge in [-0.2, -0.15) is 0 Å². The second kappa shape index (κ2) is 6.44. The van der Waals surface area contributed by atoms with E-state index < -0.39 is 0 Å². The molecule has 0 aromatic carbocycles. The van der Waals surface area contributed by atoms with Gasteiger partial charge in [-0.05, 0) is 18.4 Å². The molecule has 0 atom stereocenters. The van der Waals surface area contributed by atoms with E-state index >= 15 is 0 Å². The lowest BCUT2D eigenvalue weighted by atomic mass is 10.0. The summed E-state index contributed by atoms with van der Waals surface area (Å²) in [6.45, 7) is 8.46. The van der Waals surface area contributed by atoms with Gasteiger partial charge in [0.05, 0.1) is 5.60 Å². The second-order valence-corrected chi connectivity index (χ2v) is 7.11. The quantitative estimate of drug-likeness (QED) is 0.873. The molecule has 1 amide bonds. The Hall–Kier alpha value is -0.950. The number of nitrogens with zero attached hydrogens (tertiary/aromatic N) is 2. The molecule has 0 bridgehead atoms. The summed E-state index contributed by atoms with van der Waals surface area (Å²) in [6, 6.07) is 4.26. The molecule has 2 aliphatic rings. The van der Waals surface area contributed by atoms with Crippen LogP contribution in [0.15, 0.2) is 17.5 Å². The van der Waals surface area contributed by atoms with Gasteiger partial charge in [0.1, 0.15) is 6.61 Å². The number of piperazine rings is 1. The van der Waals surface area contributed by atoms with Crippen LogP contribution >= 0.6 is 11.3 Å². The van der Waals surface area contributed by atoms with Gasteiger partial charge >= 0.3 is 0 Å². The van der Waals surface area contributed by atoms with Crippen LogP contribution in [0.3, 0.4) is 0 Å². The van der Waals surface area contributed by atoms with Crippen molar-refractivity contribution in [1.29, 1.82) is 0 Å². The van der Waals surface area contributed by atoms with E-state index in [0.29, 0.717) is 0 Å². The Bertz CT molecular complexity index is 465. The summed E-state index contributed by atoms with van der Waals surface area (Å²) in [5.41, 5.74) is -0.142. The summed E-state index contributed by atoms with van der Waals surface area (Å²) in [7, 11) is 0. The Morgan fingerprint density at radius 1 is 1.38 bits per heavy atom. The number of rotatable bonds is 5. The minimum atomic E-state index is -0.142. The first-order valence-electron chi connectivity index (χ1n) is 7.52. The molecule has 1 aromatic rings. The minimum absolute atomic E-state index is 0.124. The Balaban J connectivity index is 1.39. The molecule has 0 radical (unpaired) electrons. The SMILES string of the molecule is CC1(OCC(=O)N2CCN(Cc3cccs3)CC2)CNC1. The van der Waals surface area contributed by atoms with Crippen LogP contribution in [0.5, 0.6) is 0 Å². The Kier molecular flexibility index (Phi) is 4.59. The molecule has 2 fully saturated rings. The third kappa shape index (κ3) is 3.83. The molecule has 21 heavy (non-hydrogen) atoms. The topological polar surface area (TPSA) is 44.8 Å². The molecular weight excluding hydrogens is 286 g/mol. The first-order valence-corrected chi connectivity index (χ1v) is 8.40.